The molecular weight excluding hydrogens is 1750 g/mol. The van der Waals surface area contributed by atoms with E-state index in [0.717, 1.165) is 16.5 Å². The summed E-state index contributed by atoms with van der Waals surface area (Å²) in [5.41, 5.74) is 26.9. The first kappa shape index (κ1) is 102. The van der Waals surface area contributed by atoms with Gasteiger partial charge in [0.2, 0.25) is 88.2 Å². The van der Waals surface area contributed by atoms with Gasteiger partial charge in [0.1, 0.15) is 72.2 Å². The number of primary amides is 2. The van der Waals surface area contributed by atoms with Crippen LogP contribution in [-0.2, 0) is 97.6 Å². The topological polar surface area (TPSA) is 718 Å². The third-order valence-corrected chi connectivity index (χ3v) is 23.4. The maximum absolute atomic E-state index is 15.3. The number of carbonyl (C=O) groups excluding carboxylic acids is 14. The molecule has 2 aliphatic heterocycles. The van der Waals surface area contributed by atoms with Gasteiger partial charge in [-0.2, -0.15) is 0 Å². The predicted octanol–water partition coefficient (Wildman–Crippen LogP) is -0.0208. The molecule has 14 amide bonds. The number of phenols is 1. The average molecular weight is 1870 g/mol. The van der Waals surface area contributed by atoms with Crippen LogP contribution in [0.3, 0.4) is 0 Å². The van der Waals surface area contributed by atoms with E-state index in [1.165, 1.54) is 58.7 Å². The van der Waals surface area contributed by atoms with E-state index < -0.39 is 198 Å². The molecular formula is C89H118N26O20. The lowest BCUT2D eigenvalue weighted by molar-refractivity contribution is -0.383. The number of benzene rings is 4. The molecule has 0 bridgehead atoms. The molecule has 2 aliphatic rings. The van der Waals surface area contributed by atoms with Gasteiger partial charge in [-0.05, 0) is 153 Å². The highest BCUT2D eigenvalue weighted by Crippen LogP contribution is 2.30. The number of carbonyl (C=O) groups is 15. The molecule has 724 valence electrons. The summed E-state index contributed by atoms with van der Waals surface area (Å²) in [4.78, 5) is 241. The number of guanidine groups is 1. The molecule has 2 saturated heterocycles. The van der Waals surface area contributed by atoms with Crippen LogP contribution in [0.15, 0.2) is 114 Å². The van der Waals surface area contributed by atoms with E-state index >= 15 is 24.0 Å². The minimum absolute atomic E-state index is 0.0108. The molecule has 6 heterocycles. The number of nitro groups is 1. The second kappa shape index (κ2) is 49.4. The molecule has 0 saturated carbocycles. The number of H-pyrrole nitrogens is 3. The first-order chi connectivity index (χ1) is 64.6. The number of nitrogens with one attached hydrogen (secondary N) is 16. The summed E-state index contributed by atoms with van der Waals surface area (Å²) in [6.45, 7) is 4.53. The van der Waals surface area contributed by atoms with E-state index in [-0.39, 0.29) is 163 Å². The number of rotatable bonds is 53. The van der Waals surface area contributed by atoms with Crippen LogP contribution in [0.5, 0.6) is 5.75 Å². The highest BCUT2D eigenvalue weighted by atomic mass is 16.6. The second-order valence-electron chi connectivity index (χ2n) is 34.0. The number of aromatic hydroxyl groups is 1. The first-order valence-corrected chi connectivity index (χ1v) is 44.9. The number of phenolic OH excluding ortho intramolecular Hbond substituents is 1. The first-order valence-electron chi connectivity index (χ1n) is 44.9. The van der Waals surface area contributed by atoms with Crippen molar-refractivity contribution in [2.75, 3.05) is 38.0 Å². The quantitative estimate of drug-likeness (QED) is 0.00783. The van der Waals surface area contributed by atoms with Gasteiger partial charge >= 0.3 is 11.7 Å². The molecule has 0 unspecified atom stereocenters. The number of para-hydroxylation sites is 2. The van der Waals surface area contributed by atoms with Gasteiger partial charge in [-0.25, -0.2) is 14.4 Å². The number of aliphatic carboxylic acids is 1. The zero-order chi connectivity index (χ0) is 97.5. The number of hydrogen-bond donors (Lipinski definition) is 22. The summed E-state index contributed by atoms with van der Waals surface area (Å²) in [5, 5.41) is 81.0. The van der Waals surface area contributed by atoms with Crippen molar-refractivity contribution in [3.05, 3.63) is 142 Å². The third-order valence-electron chi connectivity index (χ3n) is 23.4. The summed E-state index contributed by atoms with van der Waals surface area (Å²) in [6.07, 6.45) is 5.54. The zero-order valence-corrected chi connectivity index (χ0v) is 75.0. The van der Waals surface area contributed by atoms with Crippen molar-refractivity contribution in [3.63, 3.8) is 0 Å². The lowest BCUT2D eigenvalue weighted by Gasteiger charge is -2.31. The largest absolute Gasteiger partial charge is 0.508 e. The Labute approximate surface area is 774 Å². The maximum Gasteiger partial charge on any atom is 0.326 e. The van der Waals surface area contributed by atoms with Crippen molar-refractivity contribution in [3.8, 4) is 5.75 Å². The van der Waals surface area contributed by atoms with E-state index in [1.54, 1.807) is 50.5 Å². The fraction of sp³-hybridized carbons (Fsp3) is 0.472. The molecule has 0 radical (unpaired) electrons. The van der Waals surface area contributed by atoms with Crippen molar-refractivity contribution < 1.29 is 91.7 Å². The number of unbranched alkanes of at least 4 members (excludes halogenated alkanes) is 2. The number of amides is 14. The van der Waals surface area contributed by atoms with Gasteiger partial charge in [-0.3, -0.25) is 82.6 Å². The Balaban J connectivity index is 0.850. The monoisotopic (exact) mass is 1870 g/mol. The van der Waals surface area contributed by atoms with Crippen molar-refractivity contribution in [1.82, 2.24) is 98.5 Å². The number of fused-ring (bicyclic) bond motifs is 3. The highest BCUT2D eigenvalue weighted by molar-refractivity contribution is 6.01. The van der Waals surface area contributed by atoms with E-state index in [1.807, 2.05) is 31.2 Å². The number of nitrogens with two attached hydrogens (primary N) is 4. The fourth-order valence-corrected chi connectivity index (χ4v) is 16.3. The van der Waals surface area contributed by atoms with Crippen molar-refractivity contribution in [2.45, 2.75) is 228 Å². The Hall–Kier alpha value is -15.2. The van der Waals surface area contributed by atoms with Crippen molar-refractivity contribution in [2.24, 2.45) is 28.9 Å². The Bertz CT molecular complexity index is 5550. The molecule has 135 heavy (non-hydrogen) atoms. The second-order valence-corrected chi connectivity index (χ2v) is 34.0. The Kier molecular flexibility index (Phi) is 37.3. The third kappa shape index (κ3) is 29.4. The molecule has 12 atom stereocenters. The molecule has 2 fully saturated rings. The van der Waals surface area contributed by atoms with E-state index in [0.29, 0.717) is 40.6 Å². The van der Waals surface area contributed by atoms with Crippen LogP contribution in [0.25, 0.3) is 32.8 Å². The normalized spacial score (nSPS) is 15.8. The molecule has 4 aromatic carbocycles. The van der Waals surface area contributed by atoms with Gasteiger partial charge in [-0.15, -0.1) is 0 Å². The molecule has 4 aromatic heterocycles. The van der Waals surface area contributed by atoms with Gasteiger partial charge in [0, 0.05) is 105 Å². The van der Waals surface area contributed by atoms with Crippen molar-refractivity contribution in [1.29, 1.82) is 5.41 Å². The average Bonchev–Trinajstić information content (AvgIpc) is 1.66. The Morgan fingerprint density at radius 3 is 1.64 bits per heavy atom. The predicted molar refractivity (Wildman–Crippen MR) is 489 cm³/mol. The summed E-state index contributed by atoms with van der Waals surface area (Å²) in [7, 11) is 0. The van der Waals surface area contributed by atoms with Gasteiger partial charge in [0.05, 0.1) is 35.2 Å². The zero-order valence-electron chi connectivity index (χ0n) is 75.0. The van der Waals surface area contributed by atoms with Crippen LogP contribution in [0, 0.1) is 21.4 Å². The number of carboxylic acids is 1. The number of hydrogen-bond acceptors (Lipinski definition) is 25. The Morgan fingerprint density at radius 2 is 1.06 bits per heavy atom. The van der Waals surface area contributed by atoms with Crippen LogP contribution in [0.1, 0.15) is 152 Å². The number of non-ortho nitro benzene ring substituents is 1. The molecule has 0 spiro atoms. The number of imidazole rings is 1. The Morgan fingerprint density at radius 1 is 0.548 bits per heavy atom. The minimum atomic E-state index is -1.71. The summed E-state index contributed by atoms with van der Waals surface area (Å²) < 4.78 is 4.83. The van der Waals surface area contributed by atoms with Gasteiger partial charge in [0.25, 0.3) is 0 Å². The van der Waals surface area contributed by atoms with Crippen LogP contribution in [0.2, 0.25) is 0 Å². The van der Waals surface area contributed by atoms with Crippen LogP contribution in [0.4, 0.5) is 11.4 Å². The molecule has 26 N–H and O–H groups in total. The number of nitro benzene ring substituents is 1. The van der Waals surface area contributed by atoms with Crippen molar-refractivity contribution >= 4 is 139 Å². The maximum atomic E-state index is 15.3. The van der Waals surface area contributed by atoms with Crippen LogP contribution in [-0.4, -0.2) is 255 Å². The number of likely N-dealkylation sites (tertiary alicyclic amines) is 2. The van der Waals surface area contributed by atoms with Gasteiger partial charge in [0.15, 0.2) is 11.5 Å². The SMILES string of the molecule is CCCC[C@H](NC(=O)[C@@H]1CCCN1C(=O)[C@H](CCC(N)=O)NC(=O)CNC(=O)[C@@H]1CCCN1C(=O)[C@H](CCCNC(=N)N)NC(=O)[C@H](CCCCNc1ccc([N+](=O)[O-])c2nonc12)NC(=O)[C@H](CCC(N)=O)NC(=O)[C@H](CC(C)C)NC(=O)[C@H](Cc1c[nH]c2ccccc12)NC(=O)[C@H](Cc1c[nH]cn1)NC(=O)[C@@H](N)Cc1c[nH]c2ccccc12)C(=O)N[C@@H](Cc1ccc(O)cc1)C(=O)O. The highest BCUT2D eigenvalue weighted by Gasteiger charge is 2.43. The lowest BCUT2D eigenvalue weighted by atomic mass is 9.99. The summed E-state index contributed by atoms with van der Waals surface area (Å²) in [6, 6.07) is 5.79. The van der Waals surface area contributed by atoms with E-state index in [2.05, 4.69) is 94.1 Å². The molecule has 0 aliphatic carbocycles. The minimum Gasteiger partial charge on any atom is -0.508 e. The standard InChI is InChI=1S/C89H118N26O20/c1-4-5-17-60(79(122)110-68(88(131)132)39-49-24-26-53(116)27-25-49)105-85(128)71-23-14-37-114(71)87(130)64(30-33-73(92)118)102-74(119)46-100-84(127)70-22-13-36-113(70)86(129)63(21-12-35-97-89(93)94)106-78(121)61(20-10-11-34-96-59-28-31-69(115(133)134)76-75(59)111-135-112-76)103-80(123)62(29-32-72(91)117)104-81(124)65(38-48(2)3)108-82(125)66(41-51-44-99-58-19-9-7-16-55(51)58)109-83(126)67(42-52-45-95-47-101-52)107-77(120)56(90)40-50-43-98-57-18-8-6-15-54(50)57/h6-9,15-16,18-19,24-28,31,43-45,47-48,56,60-68,70-71,96,98-99,116H,4-5,10-14,17,20-23,29-30,32-42,46,90H2,1-3H3,(H2,91,117)(H2,92,118)(H,95,101)(H,100,127)(H,102,119)(H,103,123)(H,104,124)(H,105,128)(H,106,121)(H,107,120)(H,108,125)(H,109,126)(H,110,122)(H,131,132)(H4,93,94,97)/t56-,60-,61-,62-,63-,64-,65-,66-,67-,68-,70-,71-/m0/s1. The van der Waals surface area contributed by atoms with Gasteiger partial charge in [-0.1, -0.05) is 82.1 Å². The van der Waals surface area contributed by atoms with Crippen LogP contribution >= 0.6 is 0 Å². The molecule has 46 heteroatoms. The van der Waals surface area contributed by atoms with Gasteiger partial charge < -0.3 is 122 Å². The fourth-order valence-electron chi connectivity index (χ4n) is 16.3. The number of nitrogens with zero attached hydrogens (tertiary/aromatic N) is 6. The molecule has 46 nitrogen and oxygen atoms in total. The van der Waals surface area contributed by atoms with Crippen LogP contribution < -0.4 is 86.7 Å². The molecule has 8 aromatic rings. The number of aromatic nitrogens is 6. The summed E-state index contributed by atoms with van der Waals surface area (Å²) in [5.74, 6) is -14.4. The lowest BCUT2D eigenvalue weighted by Crippen LogP contribution is -2.61. The smallest absolute Gasteiger partial charge is 0.326 e. The summed E-state index contributed by atoms with van der Waals surface area (Å²) >= 11 is 0. The number of carboxylic acid groups (broad SMARTS) is 1. The number of aromatic amines is 3. The molecule has 10 rings (SSSR count). The number of anilines is 1. The van der Waals surface area contributed by atoms with E-state index in [9.17, 15) is 68.3 Å². The van der Waals surface area contributed by atoms with E-state index in [4.69, 9.17) is 33.0 Å².